The second kappa shape index (κ2) is 3.30. The lowest BCUT2D eigenvalue weighted by molar-refractivity contribution is 0.265. The van der Waals surface area contributed by atoms with E-state index in [1.165, 1.54) is 19.4 Å². The molecule has 1 N–H and O–H groups in total. The highest BCUT2D eigenvalue weighted by Gasteiger charge is 2.07. The number of methoxy groups -OCH3 is 1. The number of hydrogen-bond donors (Lipinski definition) is 1. The summed E-state index contributed by atoms with van der Waals surface area (Å²) in [6.45, 7) is -0.319. The number of ether oxygens (including phenoxy) is 1. The molecule has 0 radical (unpaired) electrons. The molecule has 60 valence electrons. The van der Waals surface area contributed by atoms with Gasteiger partial charge in [-0.2, -0.15) is 0 Å². The van der Waals surface area contributed by atoms with Crippen molar-refractivity contribution in [1.82, 2.24) is 4.98 Å². The third-order valence-electron chi connectivity index (χ3n) is 1.28. The van der Waals surface area contributed by atoms with E-state index in [1.54, 1.807) is 0 Å². The summed E-state index contributed by atoms with van der Waals surface area (Å²) >= 11 is 0. The molecule has 0 saturated carbocycles. The van der Waals surface area contributed by atoms with Gasteiger partial charge in [-0.1, -0.05) is 0 Å². The van der Waals surface area contributed by atoms with Crippen molar-refractivity contribution in [3.05, 3.63) is 23.8 Å². The number of aliphatic hydroxyl groups is 1. The Morgan fingerprint density at radius 1 is 1.73 bits per heavy atom. The van der Waals surface area contributed by atoms with E-state index in [2.05, 4.69) is 9.72 Å². The molecular formula is C7H8FNO2. The molecule has 3 nitrogen and oxygen atoms in total. The first-order valence-corrected chi connectivity index (χ1v) is 3.07. The summed E-state index contributed by atoms with van der Waals surface area (Å²) < 4.78 is 17.4. The van der Waals surface area contributed by atoms with Crippen molar-refractivity contribution in [2.45, 2.75) is 6.61 Å². The van der Waals surface area contributed by atoms with Crippen LogP contribution in [0.3, 0.4) is 0 Å². The summed E-state index contributed by atoms with van der Waals surface area (Å²) in [6, 6.07) is 1.18. The van der Waals surface area contributed by atoms with Gasteiger partial charge in [0.1, 0.15) is 5.69 Å². The van der Waals surface area contributed by atoms with Crippen LogP contribution < -0.4 is 4.74 Å². The summed E-state index contributed by atoms with van der Waals surface area (Å²) in [4.78, 5) is 3.71. The van der Waals surface area contributed by atoms with Crippen molar-refractivity contribution < 1.29 is 14.2 Å². The normalized spacial score (nSPS) is 9.73. The van der Waals surface area contributed by atoms with Crippen LogP contribution in [0.5, 0.6) is 5.75 Å². The largest absolute Gasteiger partial charge is 0.492 e. The van der Waals surface area contributed by atoms with Gasteiger partial charge in [0.2, 0.25) is 0 Å². The number of pyridine rings is 1. The Morgan fingerprint density at radius 3 is 2.91 bits per heavy atom. The maximum Gasteiger partial charge on any atom is 0.178 e. The minimum atomic E-state index is -0.508. The number of aliphatic hydroxyl groups excluding tert-OH is 1. The molecule has 1 rings (SSSR count). The summed E-state index contributed by atoms with van der Waals surface area (Å²) in [5.74, 6) is -0.499. The third-order valence-corrected chi connectivity index (χ3v) is 1.28. The van der Waals surface area contributed by atoms with Crippen molar-refractivity contribution >= 4 is 0 Å². The first-order valence-electron chi connectivity index (χ1n) is 3.07. The number of halogens is 1. The lowest BCUT2D eigenvalue weighted by atomic mass is 10.3. The van der Waals surface area contributed by atoms with Gasteiger partial charge < -0.3 is 9.84 Å². The van der Waals surface area contributed by atoms with E-state index < -0.39 is 5.82 Å². The van der Waals surface area contributed by atoms with Crippen LogP contribution in [0.2, 0.25) is 0 Å². The average molecular weight is 157 g/mol. The number of hydrogen-bond acceptors (Lipinski definition) is 3. The van der Waals surface area contributed by atoms with Crippen LogP contribution in [-0.2, 0) is 6.61 Å². The van der Waals surface area contributed by atoms with Crippen molar-refractivity contribution in [3.8, 4) is 5.75 Å². The van der Waals surface area contributed by atoms with Gasteiger partial charge in [0.05, 0.1) is 13.7 Å². The summed E-state index contributed by atoms with van der Waals surface area (Å²) in [5.41, 5.74) is 0.215. The van der Waals surface area contributed by atoms with E-state index in [4.69, 9.17) is 5.11 Å². The zero-order chi connectivity index (χ0) is 8.27. The topological polar surface area (TPSA) is 42.4 Å². The molecule has 1 aromatic rings. The van der Waals surface area contributed by atoms with Gasteiger partial charge in [0.15, 0.2) is 11.6 Å². The lowest BCUT2D eigenvalue weighted by Gasteiger charge is -2.04. The zero-order valence-corrected chi connectivity index (χ0v) is 6.04. The minimum Gasteiger partial charge on any atom is -0.492 e. The zero-order valence-electron chi connectivity index (χ0n) is 6.04. The highest BCUT2D eigenvalue weighted by molar-refractivity contribution is 5.27. The molecule has 0 aliphatic carbocycles. The number of nitrogens with zero attached hydrogens (tertiary/aromatic N) is 1. The van der Waals surface area contributed by atoms with E-state index in [1.807, 2.05) is 0 Å². The molecule has 0 saturated heterocycles. The summed E-state index contributed by atoms with van der Waals surface area (Å²) in [7, 11) is 1.33. The predicted molar refractivity (Wildman–Crippen MR) is 36.7 cm³/mol. The van der Waals surface area contributed by atoms with Gasteiger partial charge in [-0.05, 0) is 6.07 Å². The highest BCUT2D eigenvalue weighted by atomic mass is 19.1. The Morgan fingerprint density at radius 2 is 2.45 bits per heavy atom. The monoisotopic (exact) mass is 157 g/mol. The van der Waals surface area contributed by atoms with Crippen LogP contribution in [0.15, 0.2) is 12.3 Å². The van der Waals surface area contributed by atoms with Crippen LogP contribution in [-0.4, -0.2) is 17.2 Å². The maximum atomic E-state index is 12.8. The van der Waals surface area contributed by atoms with Gasteiger partial charge in [0, 0.05) is 6.20 Å². The molecule has 0 bridgehead atoms. The Hall–Kier alpha value is -1.16. The molecule has 0 aromatic carbocycles. The molecular weight excluding hydrogens is 149 g/mol. The Bertz CT molecular complexity index is 252. The first-order chi connectivity index (χ1) is 5.29. The number of rotatable bonds is 2. The minimum absolute atomic E-state index is 0.00926. The van der Waals surface area contributed by atoms with Crippen molar-refractivity contribution in [1.29, 1.82) is 0 Å². The molecule has 0 amide bonds. The quantitative estimate of drug-likeness (QED) is 0.687. The second-order valence-electron chi connectivity index (χ2n) is 1.93. The average Bonchev–Trinajstić information content (AvgIpc) is 2.04. The maximum absolute atomic E-state index is 12.8. The second-order valence-corrected chi connectivity index (χ2v) is 1.93. The Kier molecular flexibility index (Phi) is 2.38. The first kappa shape index (κ1) is 7.94. The lowest BCUT2D eigenvalue weighted by Crippen LogP contribution is -1.97. The molecule has 0 atom stereocenters. The molecule has 4 heteroatoms. The highest BCUT2D eigenvalue weighted by Crippen LogP contribution is 2.19. The molecule has 0 spiro atoms. The Labute approximate surface area is 63.5 Å². The summed E-state index contributed by atoms with van der Waals surface area (Å²) in [5, 5.41) is 8.66. The number of aromatic nitrogens is 1. The molecule has 0 aliphatic rings. The van der Waals surface area contributed by atoms with Gasteiger partial charge in [-0.25, -0.2) is 4.39 Å². The molecule has 1 aromatic heterocycles. The molecule has 1 heterocycles. The summed E-state index contributed by atoms with van der Waals surface area (Å²) in [6.07, 6.45) is 1.28. The van der Waals surface area contributed by atoms with Gasteiger partial charge >= 0.3 is 0 Å². The van der Waals surface area contributed by atoms with Crippen LogP contribution in [0.25, 0.3) is 0 Å². The fourth-order valence-electron chi connectivity index (χ4n) is 0.793. The van der Waals surface area contributed by atoms with Crippen molar-refractivity contribution in [2.75, 3.05) is 7.11 Å². The fraction of sp³-hybridized carbons (Fsp3) is 0.286. The van der Waals surface area contributed by atoms with E-state index in [0.717, 1.165) is 0 Å². The van der Waals surface area contributed by atoms with E-state index >= 15 is 0 Å². The van der Waals surface area contributed by atoms with Crippen molar-refractivity contribution in [2.24, 2.45) is 0 Å². The van der Waals surface area contributed by atoms with Gasteiger partial charge in [-0.3, -0.25) is 4.98 Å². The van der Waals surface area contributed by atoms with Gasteiger partial charge in [0.25, 0.3) is 0 Å². The van der Waals surface area contributed by atoms with E-state index in [-0.39, 0.29) is 18.1 Å². The van der Waals surface area contributed by atoms with Crippen LogP contribution in [0, 0.1) is 5.82 Å². The van der Waals surface area contributed by atoms with Crippen LogP contribution >= 0.6 is 0 Å². The fourth-order valence-corrected chi connectivity index (χ4v) is 0.793. The standard InChI is InChI=1S/C7H8FNO2/c1-11-7-5(8)2-3-9-6(7)4-10/h2-3,10H,4H2,1H3. The molecule has 0 aliphatic heterocycles. The van der Waals surface area contributed by atoms with Crippen molar-refractivity contribution in [3.63, 3.8) is 0 Å². The Balaban J connectivity index is 3.13. The van der Waals surface area contributed by atoms with Gasteiger partial charge in [-0.15, -0.1) is 0 Å². The third kappa shape index (κ3) is 1.46. The SMILES string of the molecule is COc1c(F)ccnc1CO. The predicted octanol–water partition coefficient (Wildman–Crippen LogP) is 0.722. The van der Waals surface area contributed by atoms with Crippen LogP contribution in [0.4, 0.5) is 4.39 Å². The van der Waals surface area contributed by atoms with E-state index in [0.29, 0.717) is 0 Å². The van der Waals surface area contributed by atoms with Crippen LogP contribution in [0.1, 0.15) is 5.69 Å². The van der Waals surface area contributed by atoms with E-state index in [9.17, 15) is 4.39 Å². The molecule has 0 fully saturated rings. The molecule has 0 unspecified atom stereocenters. The smallest absolute Gasteiger partial charge is 0.178 e. The molecule has 11 heavy (non-hydrogen) atoms.